The molecule has 1 aromatic carbocycles. The second kappa shape index (κ2) is 6.91. The molecule has 3 aromatic rings. The Morgan fingerprint density at radius 3 is 2.50 bits per heavy atom. The Kier molecular flexibility index (Phi) is 4.51. The Morgan fingerprint density at radius 1 is 1.17 bits per heavy atom. The van der Waals surface area contributed by atoms with Gasteiger partial charge in [0, 0.05) is 5.56 Å². The molecule has 0 aliphatic carbocycles. The second-order valence-corrected chi connectivity index (χ2v) is 5.20. The van der Waals surface area contributed by atoms with Crippen LogP contribution >= 0.6 is 0 Å². The molecule has 3 rings (SSSR count). The van der Waals surface area contributed by atoms with Gasteiger partial charge in [-0.15, -0.1) is 0 Å². The number of carbonyl (C=O) groups is 1. The molecule has 7 heteroatoms. The zero-order valence-corrected chi connectivity index (χ0v) is 13.3. The minimum Gasteiger partial charge on any atom is -0.424 e. The Bertz CT molecular complexity index is 809. The normalized spacial score (nSPS) is 10.4. The van der Waals surface area contributed by atoms with E-state index in [1.165, 1.54) is 12.4 Å². The molecule has 2 aromatic heterocycles. The Balaban J connectivity index is 1.61. The van der Waals surface area contributed by atoms with Gasteiger partial charge >= 0.3 is 6.01 Å². The van der Waals surface area contributed by atoms with Gasteiger partial charge in [0.2, 0.25) is 5.91 Å². The number of amides is 1. The monoisotopic (exact) mass is 324 g/mol. The van der Waals surface area contributed by atoms with Crippen LogP contribution in [0.3, 0.4) is 0 Å². The lowest BCUT2D eigenvalue weighted by Gasteiger charge is -2.06. The third-order valence-electron chi connectivity index (χ3n) is 3.38. The average Bonchev–Trinajstić information content (AvgIpc) is 2.89. The molecule has 0 fully saturated rings. The lowest BCUT2D eigenvalue weighted by molar-refractivity contribution is -0.115. The van der Waals surface area contributed by atoms with Crippen LogP contribution in [-0.2, 0) is 11.2 Å². The van der Waals surface area contributed by atoms with Crippen molar-refractivity contribution in [3.63, 3.8) is 0 Å². The fourth-order valence-corrected chi connectivity index (χ4v) is 2.15. The highest BCUT2D eigenvalue weighted by atomic mass is 16.5. The molecule has 7 nitrogen and oxygen atoms in total. The topological polar surface area (TPSA) is 90.1 Å². The van der Waals surface area contributed by atoms with Gasteiger partial charge in [0.1, 0.15) is 11.5 Å². The third-order valence-corrected chi connectivity index (χ3v) is 3.38. The number of ether oxygens (including phenoxy) is 1. The number of carbonyl (C=O) groups excluding carboxylic acids is 1. The number of benzene rings is 1. The lowest BCUT2D eigenvalue weighted by Crippen LogP contribution is -2.15. The number of aryl methyl sites for hydroxylation is 2. The van der Waals surface area contributed by atoms with E-state index in [9.17, 15) is 4.79 Å². The molecule has 0 radical (unpaired) electrons. The zero-order valence-electron chi connectivity index (χ0n) is 13.3. The standard InChI is InChI=1S/C17H16N4O3/c1-11-15(12(2)24-21-11)8-16(22)20-13-9-18-17(19-10-13)23-14-6-4-3-5-7-14/h3-7,9-10H,8H2,1-2H3,(H,20,22). The van der Waals surface area contributed by atoms with Crippen molar-refractivity contribution in [2.24, 2.45) is 0 Å². The van der Waals surface area contributed by atoms with Crippen LogP contribution in [0.15, 0.2) is 47.2 Å². The summed E-state index contributed by atoms with van der Waals surface area (Å²) in [7, 11) is 0. The van der Waals surface area contributed by atoms with Gasteiger partial charge in [0.25, 0.3) is 0 Å². The molecule has 0 saturated heterocycles. The molecule has 0 unspecified atom stereocenters. The first-order valence-corrected chi connectivity index (χ1v) is 7.38. The largest absolute Gasteiger partial charge is 0.424 e. The molecule has 24 heavy (non-hydrogen) atoms. The summed E-state index contributed by atoms with van der Waals surface area (Å²) in [5.74, 6) is 1.10. The van der Waals surface area contributed by atoms with Gasteiger partial charge in [0.15, 0.2) is 0 Å². The number of para-hydroxylation sites is 1. The van der Waals surface area contributed by atoms with Crippen molar-refractivity contribution >= 4 is 11.6 Å². The molecule has 0 saturated carbocycles. The molecule has 2 heterocycles. The van der Waals surface area contributed by atoms with Crippen molar-refractivity contribution in [3.05, 3.63) is 59.7 Å². The van der Waals surface area contributed by atoms with E-state index >= 15 is 0 Å². The summed E-state index contributed by atoms with van der Waals surface area (Å²) < 4.78 is 10.5. The molecule has 0 aliphatic rings. The van der Waals surface area contributed by atoms with Crippen LogP contribution in [-0.4, -0.2) is 21.0 Å². The van der Waals surface area contributed by atoms with Crippen LogP contribution in [0.4, 0.5) is 5.69 Å². The number of aromatic nitrogens is 3. The first-order valence-electron chi connectivity index (χ1n) is 7.38. The number of hydrogen-bond acceptors (Lipinski definition) is 6. The van der Waals surface area contributed by atoms with Crippen molar-refractivity contribution in [2.75, 3.05) is 5.32 Å². The molecule has 0 atom stereocenters. The summed E-state index contributed by atoms with van der Waals surface area (Å²) in [6, 6.07) is 9.44. The first kappa shape index (κ1) is 15.7. The second-order valence-electron chi connectivity index (χ2n) is 5.20. The van der Waals surface area contributed by atoms with Crippen molar-refractivity contribution in [3.8, 4) is 11.8 Å². The predicted molar refractivity (Wildman–Crippen MR) is 86.9 cm³/mol. The van der Waals surface area contributed by atoms with E-state index in [2.05, 4.69) is 20.4 Å². The fraction of sp³-hybridized carbons (Fsp3) is 0.176. The summed E-state index contributed by atoms with van der Waals surface area (Å²) >= 11 is 0. The first-order chi connectivity index (χ1) is 11.6. The molecule has 0 spiro atoms. The Labute approximate surface area is 138 Å². The maximum absolute atomic E-state index is 12.1. The predicted octanol–water partition coefficient (Wildman–Crippen LogP) is 3.05. The van der Waals surface area contributed by atoms with Gasteiger partial charge in [-0.05, 0) is 26.0 Å². The van der Waals surface area contributed by atoms with Crippen molar-refractivity contribution in [1.29, 1.82) is 0 Å². The summed E-state index contributed by atoms with van der Waals surface area (Å²) in [6.45, 7) is 3.58. The van der Waals surface area contributed by atoms with Crippen LogP contribution < -0.4 is 10.1 Å². The average molecular weight is 324 g/mol. The van der Waals surface area contributed by atoms with Crippen molar-refractivity contribution in [1.82, 2.24) is 15.1 Å². The Hall–Kier alpha value is -3.22. The van der Waals surface area contributed by atoms with Gasteiger partial charge in [-0.1, -0.05) is 23.4 Å². The summed E-state index contributed by atoms with van der Waals surface area (Å²) in [5.41, 5.74) is 2.00. The zero-order chi connectivity index (χ0) is 16.9. The van der Waals surface area contributed by atoms with E-state index < -0.39 is 0 Å². The van der Waals surface area contributed by atoms with Crippen molar-refractivity contribution in [2.45, 2.75) is 20.3 Å². The number of rotatable bonds is 5. The molecular weight excluding hydrogens is 308 g/mol. The van der Waals surface area contributed by atoms with Gasteiger partial charge in [0.05, 0.1) is 30.2 Å². The smallest absolute Gasteiger partial charge is 0.322 e. The fourth-order valence-electron chi connectivity index (χ4n) is 2.15. The van der Waals surface area contributed by atoms with Gasteiger partial charge in [-0.2, -0.15) is 0 Å². The van der Waals surface area contributed by atoms with E-state index in [0.29, 0.717) is 22.9 Å². The number of nitrogens with zero attached hydrogens (tertiary/aromatic N) is 3. The van der Waals surface area contributed by atoms with Crippen LogP contribution in [0.25, 0.3) is 0 Å². The molecule has 0 aliphatic heterocycles. The third kappa shape index (κ3) is 3.75. The van der Waals surface area contributed by atoms with E-state index in [-0.39, 0.29) is 18.3 Å². The summed E-state index contributed by atoms with van der Waals surface area (Å²) in [5, 5.41) is 6.57. The van der Waals surface area contributed by atoms with Crippen LogP contribution in [0.5, 0.6) is 11.8 Å². The van der Waals surface area contributed by atoms with Gasteiger partial charge < -0.3 is 14.6 Å². The molecular formula is C17H16N4O3. The van der Waals surface area contributed by atoms with Gasteiger partial charge in [-0.3, -0.25) is 4.79 Å². The quantitative estimate of drug-likeness (QED) is 0.775. The SMILES string of the molecule is Cc1noc(C)c1CC(=O)Nc1cnc(Oc2ccccc2)nc1. The van der Waals surface area contributed by atoms with Crippen LogP contribution in [0, 0.1) is 13.8 Å². The highest BCUT2D eigenvalue weighted by molar-refractivity contribution is 5.92. The maximum Gasteiger partial charge on any atom is 0.322 e. The van der Waals surface area contributed by atoms with E-state index in [1.54, 1.807) is 13.8 Å². The molecule has 1 amide bonds. The van der Waals surface area contributed by atoms with E-state index in [4.69, 9.17) is 9.26 Å². The minimum absolute atomic E-state index is 0.184. The molecule has 1 N–H and O–H groups in total. The van der Waals surface area contributed by atoms with Crippen molar-refractivity contribution < 1.29 is 14.1 Å². The maximum atomic E-state index is 12.1. The summed E-state index contributed by atoms with van der Waals surface area (Å²) in [6.07, 6.45) is 3.18. The van der Waals surface area contributed by atoms with E-state index in [0.717, 1.165) is 5.56 Å². The highest BCUT2D eigenvalue weighted by Gasteiger charge is 2.13. The highest BCUT2D eigenvalue weighted by Crippen LogP contribution is 2.18. The number of anilines is 1. The van der Waals surface area contributed by atoms with Gasteiger partial charge in [-0.25, -0.2) is 9.97 Å². The van der Waals surface area contributed by atoms with Crippen LogP contribution in [0.2, 0.25) is 0 Å². The Morgan fingerprint density at radius 2 is 1.88 bits per heavy atom. The lowest BCUT2D eigenvalue weighted by atomic mass is 10.1. The number of nitrogens with one attached hydrogen (secondary N) is 1. The summed E-state index contributed by atoms with van der Waals surface area (Å²) in [4.78, 5) is 20.3. The molecule has 0 bridgehead atoms. The molecule has 122 valence electrons. The van der Waals surface area contributed by atoms with Crippen LogP contribution in [0.1, 0.15) is 17.0 Å². The number of hydrogen-bond donors (Lipinski definition) is 1. The van der Waals surface area contributed by atoms with E-state index in [1.807, 2.05) is 30.3 Å². The minimum atomic E-state index is -0.190.